The summed E-state index contributed by atoms with van der Waals surface area (Å²) in [6.07, 6.45) is 11.0. The molecule has 6 aromatic carbocycles. The predicted molar refractivity (Wildman–Crippen MR) is 339 cm³/mol. The van der Waals surface area contributed by atoms with Gasteiger partial charge in [0.25, 0.3) is 6.71 Å². The van der Waals surface area contributed by atoms with Gasteiger partial charge in [-0.05, 0) is 206 Å². The number of para-hydroxylation sites is 1. The van der Waals surface area contributed by atoms with Gasteiger partial charge in [0, 0.05) is 60.1 Å². The number of fused-ring (bicyclic) bond motifs is 15. The van der Waals surface area contributed by atoms with Crippen LogP contribution in [0.3, 0.4) is 0 Å². The smallest absolute Gasteiger partial charge is 0.264 e. The minimum absolute atomic E-state index is 0.00954. The van der Waals surface area contributed by atoms with Crippen molar-refractivity contribution in [3.05, 3.63) is 148 Å². The Labute approximate surface area is 473 Å². The van der Waals surface area contributed by atoms with Crippen LogP contribution in [0.4, 0.5) is 45.5 Å². The van der Waals surface area contributed by atoms with E-state index in [1.54, 1.807) is 11.1 Å². The Morgan fingerprint density at radius 3 is 1.74 bits per heavy atom. The molecule has 2 bridgehead atoms. The summed E-state index contributed by atoms with van der Waals surface area (Å²) in [7, 11) is 0. The molecular weight excluding hydrogens is 962 g/mol. The molecule has 7 aliphatic rings. The van der Waals surface area contributed by atoms with Crippen molar-refractivity contribution in [3.63, 3.8) is 0 Å². The van der Waals surface area contributed by atoms with Gasteiger partial charge in [-0.25, -0.2) is 0 Å². The van der Waals surface area contributed by atoms with Crippen molar-refractivity contribution in [2.75, 3.05) is 14.7 Å². The van der Waals surface area contributed by atoms with Crippen molar-refractivity contribution >= 4 is 89.3 Å². The summed E-state index contributed by atoms with van der Waals surface area (Å²) in [4.78, 5) is 8.44. The lowest BCUT2D eigenvalue weighted by Gasteiger charge is -2.51. The van der Waals surface area contributed by atoms with Crippen LogP contribution in [0.5, 0.6) is 0 Å². The van der Waals surface area contributed by atoms with E-state index in [-0.39, 0.29) is 55.6 Å². The summed E-state index contributed by atoms with van der Waals surface area (Å²) in [6.45, 7) is 42.0. The molecule has 2 fully saturated rings. The van der Waals surface area contributed by atoms with Crippen LogP contribution in [-0.4, -0.2) is 12.3 Å². The Bertz CT molecular complexity index is 3710. The van der Waals surface area contributed by atoms with Crippen molar-refractivity contribution in [2.45, 2.75) is 224 Å². The molecular formula is C73H86BN3S. The Morgan fingerprint density at radius 1 is 0.462 bits per heavy atom. The van der Waals surface area contributed by atoms with Gasteiger partial charge in [-0.2, -0.15) is 0 Å². The van der Waals surface area contributed by atoms with E-state index in [0.717, 1.165) is 6.42 Å². The molecule has 0 amide bonds. The third-order valence-corrected chi connectivity index (χ3v) is 23.4. The van der Waals surface area contributed by atoms with Gasteiger partial charge in [0.15, 0.2) is 0 Å². The molecule has 3 aliphatic heterocycles. The first-order valence-electron chi connectivity index (χ1n) is 30.2. The van der Waals surface area contributed by atoms with Gasteiger partial charge in [-0.1, -0.05) is 166 Å². The fraction of sp³-hybridized carbons (Fsp3) is 0.479. The van der Waals surface area contributed by atoms with Gasteiger partial charge < -0.3 is 14.7 Å². The van der Waals surface area contributed by atoms with Crippen molar-refractivity contribution in [3.8, 4) is 0 Å². The average Bonchev–Trinajstić information content (AvgIpc) is 3.05. The number of thiophene rings is 1. The van der Waals surface area contributed by atoms with Crippen LogP contribution >= 0.6 is 11.3 Å². The third kappa shape index (κ3) is 6.87. The molecule has 0 spiro atoms. The Hall–Kier alpha value is -5.26. The minimum atomic E-state index is -0.119. The van der Waals surface area contributed by atoms with E-state index in [1.165, 1.54) is 156 Å². The zero-order valence-corrected chi connectivity index (χ0v) is 51.3. The highest BCUT2D eigenvalue weighted by Crippen LogP contribution is 2.64. The second-order valence-corrected chi connectivity index (χ2v) is 32.5. The van der Waals surface area contributed by atoms with Crippen molar-refractivity contribution < 1.29 is 0 Å². The quantitative estimate of drug-likeness (QED) is 0.163. The molecule has 4 aliphatic carbocycles. The molecule has 402 valence electrons. The van der Waals surface area contributed by atoms with Crippen LogP contribution in [-0.2, 0) is 43.3 Å². The monoisotopic (exact) mass is 1050 g/mol. The molecule has 4 unspecified atom stereocenters. The fourth-order valence-corrected chi connectivity index (χ4v) is 18.5. The number of hydrogen-bond donors (Lipinski definition) is 0. The van der Waals surface area contributed by atoms with Crippen LogP contribution in [0, 0.1) is 0 Å². The Kier molecular flexibility index (Phi) is 10.3. The van der Waals surface area contributed by atoms with E-state index < -0.39 is 0 Å². The van der Waals surface area contributed by atoms with Crippen LogP contribution in [0.2, 0.25) is 0 Å². The molecule has 5 heteroatoms. The normalized spacial score (nSPS) is 26.1. The summed E-state index contributed by atoms with van der Waals surface area (Å²) in [5.74, 6) is 0. The van der Waals surface area contributed by atoms with E-state index in [0.29, 0.717) is 0 Å². The SMILES string of the molecule is CC(C)(C)c1cc(N2c3ccc(C(C)(C)C)cc3B3c4sc5cc6c(cc5c4N(c4ccc5c(c4)C(C)(C)CCC5(C)C)c4cc(N5c7ccccc7C7(C)CCCCC57C)cc2c43)C2(C)CCC6(C)C2)cc(C(C)(C)C)c1. The van der Waals surface area contributed by atoms with E-state index in [2.05, 4.69) is 247 Å². The summed E-state index contributed by atoms with van der Waals surface area (Å²) in [6, 6.07) is 43.3. The second-order valence-electron chi connectivity index (χ2n) is 31.5. The molecule has 1 aromatic heterocycles. The number of anilines is 8. The van der Waals surface area contributed by atoms with Crippen LogP contribution < -0.4 is 30.4 Å². The zero-order chi connectivity index (χ0) is 55.0. The molecule has 0 N–H and O–H groups in total. The fourth-order valence-electron chi connectivity index (χ4n) is 17.1. The number of hydrogen-bond acceptors (Lipinski definition) is 4. The van der Waals surface area contributed by atoms with E-state index in [4.69, 9.17) is 0 Å². The van der Waals surface area contributed by atoms with Gasteiger partial charge in [-0.3, -0.25) is 0 Å². The maximum atomic E-state index is 2.86. The lowest BCUT2D eigenvalue weighted by atomic mass is 9.36. The van der Waals surface area contributed by atoms with Crippen LogP contribution in [0.1, 0.15) is 220 Å². The molecule has 7 aromatic rings. The first-order valence-corrected chi connectivity index (χ1v) is 31.0. The van der Waals surface area contributed by atoms with E-state index in [9.17, 15) is 0 Å². The van der Waals surface area contributed by atoms with Crippen LogP contribution in [0.15, 0.2) is 103 Å². The van der Waals surface area contributed by atoms with Gasteiger partial charge in [0.2, 0.25) is 0 Å². The van der Waals surface area contributed by atoms with Gasteiger partial charge in [0.05, 0.1) is 11.2 Å². The Morgan fingerprint density at radius 2 is 1.08 bits per heavy atom. The number of benzene rings is 6. The number of rotatable bonds is 3. The highest BCUT2D eigenvalue weighted by Gasteiger charge is 2.59. The summed E-state index contributed by atoms with van der Waals surface area (Å²) >= 11 is 2.11. The predicted octanol–water partition coefficient (Wildman–Crippen LogP) is 18.7. The van der Waals surface area contributed by atoms with Crippen molar-refractivity contribution in [2.24, 2.45) is 0 Å². The van der Waals surface area contributed by atoms with Crippen molar-refractivity contribution in [1.29, 1.82) is 0 Å². The van der Waals surface area contributed by atoms with Crippen molar-refractivity contribution in [1.82, 2.24) is 0 Å². The Balaban J connectivity index is 1.15. The summed E-state index contributed by atoms with van der Waals surface area (Å²) in [5.41, 5.74) is 25.7. The van der Waals surface area contributed by atoms with Gasteiger partial charge in [-0.15, -0.1) is 11.3 Å². The van der Waals surface area contributed by atoms with Gasteiger partial charge >= 0.3 is 0 Å². The average molecular weight is 1050 g/mol. The largest absolute Gasteiger partial charge is 0.334 e. The molecule has 2 saturated carbocycles. The zero-order valence-electron chi connectivity index (χ0n) is 50.5. The topological polar surface area (TPSA) is 9.72 Å². The molecule has 3 nitrogen and oxygen atoms in total. The lowest BCUT2D eigenvalue weighted by molar-refractivity contribution is 0.195. The highest BCUT2D eigenvalue weighted by atomic mass is 32.1. The summed E-state index contributed by atoms with van der Waals surface area (Å²) < 4.78 is 2.93. The standard InChI is InChI=1S/C73H86BN3S/c1-65(2,3)44-24-27-58-56(37-44)74-62-59(75(58)48-35-45(66(4,5)6)34-46(36-48)67(7,8)9)39-49(77-57-23-19-18-22-52(57)72(16)28-20-21-29-73(72,77)17)40-60(62)76(47-25-26-51-53(38-47)69(12,13)31-30-68(51,10)11)63-50-41-54-55(42-61(50)78-64(63)74)71(15)33-32-70(54,14)43-71/h18-19,22-27,34-42H,20-21,28-33,43H2,1-17H3. The third-order valence-electron chi connectivity index (χ3n) is 22.2. The van der Waals surface area contributed by atoms with Gasteiger partial charge in [0.1, 0.15) is 0 Å². The maximum absolute atomic E-state index is 2.86. The molecule has 4 atom stereocenters. The number of nitrogens with zero attached hydrogens (tertiary/aromatic N) is 3. The molecule has 4 heterocycles. The lowest BCUT2D eigenvalue weighted by Crippen LogP contribution is -2.61. The van der Waals surface area contributed by atoms with E-state index in [1.807, 2.05) is 0 Å². The molecule has 78 heavy (non-hydrogen) atoms. The maximum Gasteiger partial charge on any atom is 0.264 e. The summed E-state index contributed by atoms with van der Waals surface area (Å²) in [5, 5.41) is 1.43. The molecule has 14 rings (SSSR count). The first-order chi connectivity index (χ1) is 36.5. The van der Waals surface area contributed by atoms with Crippen LogP contribution in [0.25, 0.3) is 10.1 Å². The second kappa shape index (κ2) is 15.8. The molecule has 0 radical (unpaired) electrons. The molecule has 0 saturated heterocycles. The highest BCUT2D eigenvalue weighted by molar-refractivity contribution is 7.33. The van der Waals surface area contributed by atoms with E-state index >= 15 is 0 Å². The minimum Gasteiger partial charge on any atom is -0.334 e. The first kappa shape index (κ1) is 50.9.